The fourth-order valence-corrected chi connectivity index (χ4v) is 8.38. The molecule has 2 fully saturated rings. The van der Waals surface area contributed by atoms with Gasteiger partial charge in [0.2, 0.25) is 5.91 Å². The molecule has 1 atom stereocenters. The Morgan fingerprint density at radius 1 is 1.16 bits per heavy atom. The van der Waals surface area contributed by atoms with Crippen LogP contribution in [0.2, 0.25) is 0 Å². The number of carboxylic acids is 1. The lowest BCUT2D eigenvalue weighted by Crippen LogP contribution is -2.46. The summed E-state index contributed by atoms with van der Waals surface area (Å²) in [6.45, 7) is 8.53. The molecule has 200 valence electrons. The summed E-state index contributed by atoms with van der Waals surface area (Å²) in [5.41, 5.74) is 0.0731. The highest BCUT2D eigenvalue weighted by Crippen LogP contribution is 2.38. The summed E-state index contributed by atoms with van der Waals surface area (Å²) in [6, 6.07) is 4.54. The van der Waals surface area contributed by atoms with E-state index < -0.39 is 22.0 Å². The van der Waals surface area contributed by atoms with E-state index in [0.717, 1.165) is 37.0 Å². The first kappa shape index (κ1) is 27.8. The van der Waals surface area contributed by atoms with E-state index in [2.05, 4.69) is 18.8 Å². The molecule has 4 rings (SSSR count). The number of aromatic carboxylic acids is 1. The van der Waals surface area contributed by atoms with Gasteiger partial charge in [0.25, 0.3) is 10.0 Å². The lowest BCUT2D eigenvalue weighted by molar-refractivity contribution is -0.124. The normalized spacial score (nSPS) is 22.9. The van der Waals surface area contributed by atoms with Gasteiger partial charge in [-0.3, -0.25) is 4.79 Å². The van der Waals surface area contributed by atoms with Gasteiger partial charge in [0, 0.05) is 24.4 Å². The molecule has 1 aliphatic carbocycles. The maximum atomic E-state index is 14.0. The van der Waals surface area contributed by atoms with Crippen molar-refractivity contribution in [3.8, 4) is 11.8 Å². The van der Waals surface area contributed by atoms with Crippen LogP contribution in [0.4, 0.5) is 5.69 Å². The molecule has 1 unspecified atom stereocenters. The van der Waals surface area contributed by atoms with Gasteiger partial charge in [0.15, 0.2) is 0 Å². The summed E-state index contributed by atoms with van der Waals surface area (Å²) >= 11 is 2.23. The van der Waals surface area contributed by atoms with Crippen LogP contribution < -0.4 is 4.90 Å². The van der Waals surface area contributed by atoms with Crippen molar-refractivity contribution in [2.45, 2.75) is 70.1 Å². The average Bonchev–Trinajstić information content (AvgIpc) is 3.59. The van der Waals surface area contributed by atoms with Crippen LogP contribution in [0.5, 0.6) is 0 Å². The number of sulfonamides is 1. The van der Waals surface area contributed by atoms with Crippen molar-refractivity contribution in [3.05, 3.63) is 33.3 Å². The van der Waals surface area contributed by atoms with Crippen LogP contribution in [-0.4, -0.2) is 48.8 Å². The molecule has 7 nitrogen and oxygen atoms in total. The van der Waals surface area contributed by atoms with Crippen LogP contribution >= 0.6 is 22.7 Å². The van der Waals surface area contributed by atoms with Crippen molar-refractivity contribution >= 4 is 50.3 Å². The number of anilines is 1. The lowest BCUT2D eigenvalue weighted by Gasteiger charge is -2.34. The van der Waals surface area contributed by atoms with Crippen LogP contribution in [-0.2, 0) is 14.8 Å². The molecule has 37 heavy (non-hydrogen) atoms. The molecule has 1 aliphatic heterocycles. The molecule has 2 aliphatic rings. The molecule has 1 saturated carbocycles. The standard InChI is InChI=1S/C27H34N2O5S3/c1-18-7-9-19(10-8-18)25(30)29(20-12-14-28(17-20)37(33,34)23-6-5-15-35-23)22-16-21(11-13-27(2,3)4)36-24(22)26(31)32/h5-6,15-16,18-20H,7-10,12,14,17H2,1-4H3,(H,31,32). The van der Waals surface area contributed by atoms with E-state index in [4.69, 9.17) is 0 Å². The quantitative estimate of drug-likeness (QED) is 0.467. The van der Waals surface area contributed by atoms with E-state index in [1.807, 2.05) is 20.8 Å². The third-order valence-corrected chi connectivity index (χ3v) is 11.2. The number of carbonyl (C=O) groups excluding carboxylic acids is 1. The second-order valence-corrected chi connectivity index (χ2v) is 15.2. The Bertz CT molecular complexity index is 1300. The minimum atomic E-state index is -3.67. The highest BCUT2D eigenvalue weighted by molar-refractivity contribution is 7.91. The smallest absolute Gasteiger partial charge is 0.348 e. The monoisotopic (exact) mass is 562 g/mol. The number of carboxylic acid groups (broad SMARTS) is 1. The zero-order valence-electron chi connectivity index (χ0n) is 21.7. The highest BCUT2D eigenvalue weighted by atomic mass is 32.2. The van der Waals surface area contributed by atoms with Crippen molar-refractivity contribution in [1.82, 2.24) is 4.31 Å². The van der Waals surface area contributed by atoms with E-state index in [0.29, 0.717) is 22.9 Å². The van der Waals surface area contributed by atoms with Crippen LogP contribution in [0.15, 0.2) is 27.8 Å². The topological polar surface area (TPSA) is 95.0 Å². The van der Waals surface area contributed by atoms with E-state index in [-0.39, 0.29) is 39.4 Å². The Morgan fingerprint density at radius 2 is 1.86 bits per heavy atom. The molecular weight excluding hydrogens is 529 g/mol. The summed E-state index contributed by atoms with van der Waals surface area (Å²) in [5, 5.41) is 11.8. The molecule has 2 aromatic heterocycles. The van der Waals surface area contributed by atoms with E-state index >= 15 is 0 Å². The zero-order valence-corrected chi connectivity index (χ0v) is 24.1. The Hall–Kier alpha value is -2.19. The Labute approximate surface area is 227 Å². The lowest BCUT2D eigenvalue weighted by atomic mass is 9.82. The summed E-state index contributed by atoms with van der Waals surface area (Å²) in [6.07, 6.45) is 3.85. The van der Waals surface area contributed by atoms with Gasteiger partial charge >= 0.3 is 5.97 Å². The molecule has 0 spiro atoms. The van der Waals surface area contributed by atoms with Crippen LogP contribution in [0, 0.1) is 29.1 Å². The largest absolute Gasteiger partial charge is 0.477 e. The zero-order chi connectivity index (χ0) is 27.0. The number of thiophene rings is 2. The fraction of sp³-hybridized carbons (Fsp3) is 0.556. The number of amides is 1. The van der Waals surface area contributed by atoms with Crippen LogP contribution in [0.25, 0.3) is 0 Å². The Balaban J connectivity index is 1.72. The van der Waals surface area contributed by atoms with Gasteiger partial charge in [-0.25, -0.2) is 13.2 Å². The third kappa shape index (κ3) is 6.28. The molecule has 0 aromatic carbocycles. The van der Waals surface area contributed by atoms with Crippen LogP contribution in [0.3, 0.4) is 0 Å². The fourth-order valence-electron chi connectivity index (χ4n) is 4.90. The molecule has 3 heterocycles. The van der Waals surface area contributed by atoms with Gasteiger partial charge in [-0.05, 0) is 76.3 Å². The summed E-state index contributed by atoms with van der Waals surface area (Å²) in [4.78, 5) is 28.6. The average molecular weight is 563 g/mol. The minimum absolute atomic E-state index is 0.0651. The van der Waals surface area contributed by atoms with E-state index in [9.17, 15) is 23.1 Å². The van der Waals surface area contributed by atoms with Crippen molar-refractivity contribution in [3.63, 3.8) is 0 Å². The third-order valence-electron chi connectivity index (χ3n) is 6.91. The predicted octanol–water partition coefficient (Wildman–Crippen LogP) is 5.53. The molecular formula is C27H34N2O5S3. The van der Waals surface area contributed by atoms with Gasteiger partial charge in [-0.1, -0.05) is 24.8 Å². The number of rotatable bonds is 6. The SMILES string of the molecule is CC1CCC(C(=O)N(c2cc(C#CC(C)(C)C)sc2C(=O)O)C2CCN(S(=O)(=O)c3cccs3)C2)CC1. The summed E-state index contributed by atoms with van der Waals surface area (Å²) < 4.78 is 28.1. The van der Waals surface area contributed by atoms with Crippen molar-refractivity contribution in [1.29, 1.82) is 0 Å². The number of nitrogens with zero attached hydrogens (tertiary/aromatic N) is 2. The van der Waals surface area contributed by atoms with Gasteiger partial charge in [-0.2, -0.15) is 4.31 Å². The molecule has 1 saturated heterocycles. The first-order chi connectivity index (χ1) is 17.4. The molecule has 0 radical (unpaired) electrons. The molecule has 1 amide bonds. The minimum Gasteiger partial charge on any atom is -0.477 e. The highest BCUT2D eigenvalue weighted by Gasteiger charge is 2.41. The van der Waals surface area contributed by atoms with Gasteiger partial charge in [0.05, 0.1) is 16.6 Å². The van der Waals surface area contributed by atoms with E-state index in [1.165, 1.54) is 15.6 Å². The van der Waals surface area contributed by atoms with E-state index in [1.54, 1.807) is 28.5 Å². The number of carbonyl (C=O) groups is 2. The molecule has 2 aromatic rings. The van der Waals surface area contributed by atoms with Crippen molar-refractivity contribution in [2.24, 2.45) is 17.3 Å². The van der Waals surface area contributed by atoms with Gasteiger partial charge in [-0.15, -0.1) is 22.7 Å². The first-order valence-electron chi connectivity index (χ1n) is 12.6. The molecule has 10 heteroatoms. The molecule has 1 N–H and O–H groups in total. The van der Waals surface area contributed by atoms with Crippen molar-refractivity contribution < 1.29 is 23.1 Å². The number of hydrogen-bond donors (Lipinski definition) is 1. The maximum Gasteiger partial charge on any atom is 0.348 e. The summed E-state index contributed by atoms with van der Waals surface area (Å²) in [5.74, 6) is 5.36. The molecule has 0 bridgehead atoms. The van der Waals surface area contributed by atoms with Gasteiger partial charge in [0.1, 0.15) is 9.09 Å². The van der Waals surface area contributed by atoms with Gasteiger partial charge < -0.3 is 10.0 Å². The van der Waals surface area contributed by atoms with Crippen LogP contribution in [0.1, 0.15) is 74.3 Å². The first-order valence-corrected chi connectivity index (χ1v) is 15.8. The predicted molar refractivity (Wildman–Crippen MR) is 148 cm³/mol. The second-order valence-electron chi connectivity index (χ2n) is 11.0. The summed E-state index contributed by atoms with van der Waals surface area (Å²) in [7, 11) is -3.67. The Morgan fingerprint density at radius 3 is 2.46 bits per heavy atom. The Kier molecular flexibility index (Phi) is 8.19. The second kappa shape index (κ2) is 10.9. The van der Waals surface area contributed by atoms with Crippen molar-refractivity contribution in [2.75, 3.05) is 18.0 Å². The maximum absolute atomic E-state index is 14.0. The number of hydrogen-bond acceptors (Lipinski definition) is 6.